The van der Waals surface area contributed by atoms with Crippen LogP contribution in [0, 0.1) is 11.3 Å². The van der Waals surface area contributed by atoms with Gasteiger partial charge in [0.25, 0.3) is 0 Å². The summed E-state index contributed by atoms with van der Waals surface area (Å²) in [5, 5.41) is 10.6. The minimum Gasteiger partial charge on any atom is -0.512 e. The summed E-state index contributed by atoms with van der Waals surface area (Å²) in [5.41, 5.74) is 0.634. The van der Waals surface area contributed by atoms with Gasteiger partial charge in [0.1, 0.15) is 5.76 Å². The van der Waals surface area contributed by atoms with Gasteiger partial charge in [-0.15, -0.1) is 0 Å². The van der Waals surface area contributed by atoms with Crippen LogP contribution in [0.25, 0.3) is 0 Å². The van der Waals surface area contributed by atoms with Crippen LogP contribution in [0.3, 0.4) is 0 Å². The lowest BCUT2D eigenvalue weighted by Crippen LogP contribution is -2.33. The van der Waals surface area contributed by atoms with Crippen molar-refractivity contribution in [1.82, 2.24) is 0 Å². The molecule has 0 fully saturated rings. The highest BCUT2D eigenvalue weighted by Crippen LogP contribution is 2.39. The fourth-order valence-corrected chi connectivity index (χ4v) is 3.75. The maximum absolute atomic E-state index is 13.2. The second-order valence-electron chi connectivity index (χ2n) is 8.08. The van der Waals surface area contributed by atoms with Gasteiger partial charge in [0, 0.05) is 36.0 Å². The number of hydrogen-bond donors (Lipinski definition) is 1. The summed E-state index contributed by atoms with van der Waals surface area (Å²) in [6.45, 7) is 3.81. The number of hydrogen-bond acceptors (Lipinski definition) is 4. The molecule has 0 amide bonds. The van der Waals surface area contributed by atoms with E-state index < -0.39 is 5.92 Å². The second kappa shape index (κ2) is 7.93. The summed E-state index contributed by atoms with van der Waals surface area (Å²) < 4.78 is 0. The van der Waals surface area contributed by atoms with Crippen LogP contribution in [0.4, 0.5) is 0 Å². The monoisotopic (exact) mass is 376 g/mol. The first kappa shape index (κ1) is 19.7. The topological polar surface area (TPSA) is 71.4 Å². The Labute approximate surface area is 164 Å². The Kier molecular flexibility index (Phi) is 5.59. The highest BCUT2D eigenvalue weighted by Gasteiger charge is 2.39. The summed E-state index contributed by atoms with van der Waals surface area (Å²) in [6, 6.07) is 17.3. The zero-order chi connectivity index (χ0) is 20.3. The molecule has 1 aliphatic carbocycles. The average Bonchev–Trinajstić information content (AvgIpc) is 2.66. The van der Waals surface area contributed by atoms with Crippen molar-refractivity contribution in [3.63, 3.8) is 0 Å². The Hall–Kier alpha value is -3.01. The molecular formula is C24H24O4. The first-order chi connectivity index (χ1) is 13.3. The molecule has 4 heteroatoms. The lowest BCUT2D eigenvalue weighted by molar-refractivity contribution is -0.119. The van der Waals surface area contributed by atoms with E-state index in [2.05, 4.69) is 0 Å². The van der Waals surface area contributed by atoms with Crippen molar-refractivity contribution in [2.24, 2.45) is 11.3 Å². The van der Waals surface area contributed by atoms with Crippen molar-refractivity contribution in [1.29, 1.82) is 0 Å². The quantitative estimate of drug-likeness (QED) is 0.723. The molecule has 144 valence electrons. The van der Waals surface area contributed by atoms with Gasteiger partial charge in [-0.1, -0.05) is 74.5 Å². The Morgan fingerprint density at radius 1 is 0.929 bits per heavy atom. The molecule has 28 heavy (non-hydrogen) atoms. The Balaban J connectivity index is 2.01. The third-order valence-electron chi connectivity index (χ3n) is 5.10. The zero-order valence-electron chi connectivity index (χ0n) is 16.1. The molecule has 3 rings (SSSR count). The molecule has 0 spiro atoms. The Bertz CT molecular complexity index is 924. The zero-order valence-corrected chi connectivity index (χ0v) is 16.1. The van der Waals surface area contributed by atoms with E-state index in [4.69, 9.17) is 0 Å². The van der Waals surface area contributed by atoms with Crippen LogP contribution < -0.4 is 0 Å². The van der Waals surface area contributed by atoms with Crippen molar-refractivity contribution >= 4 is 17.3 Å². The number of aliphatic hydroxyl groups excluding tert-OH is 1. The number of Topliss-reactive ketones (excluding diaryl/α,β-unsaturated/α-hetero) is 3. The van der Waals surface area contributed by atoms with E-state index in [0.29, 0.717) is 17.5 Å². The molecule has 1 unspecified atom stereocenters. The molecule has 2 aromatic carbocycles. The Morgan fingerprint density at radius 2 is 1.46 bits per heavy atom. The predicted octanol–water partition coefficient (Wildman–Crippen LogP) is 4.96. The number of rotatable bonds is 6. The number of carbonyl (C=O) groups excluding carboxylic acids is 3. The summed E-state index contributed by atoms with van der Waals surface area (Å²) in [6.07, 6.45) is 0.403. The largest absolute Gasteiger partial charge is 0.512 e. The predicted molar refractivity (Wildman–Crippen MR) is 107 cm³/mol. The van der Waals surface area contributed by atoms with Gasteiger partial charge in [-0.05, 0) is 5.41 Å². The molecule has 0 heterocycles. The van der Waals surface area contributed by atoms with Crippen LogP contribution in [0.1, 0.15) is 53.8 Å². The van der Waals surface area contributed by atoms with Crippen molar-refractivity contribution in [2.45, 2.75) is 33.1 Å². The maximum Gasteiger partial charge on any atom is 0.171 e. The second-order valence-corrected chi connectivity index (χ2v) is 8.08. The van der Waals surface area contributed by atoms with E-state index in [1.165, 1.54) is 0 Å². The van der Waals surface area contributed by atoms with Crippen LogP contribution in [0.15, 0.2) is 72.0 Å². The summed E-state index contributed by atoms with van der Waals surface area (Å²) in [4.78, 5) is 38.9. The number of aliphatic hydroxyl groups is 1. The van der Waals surface area contributed by atoms with Gasteiger partial charge < -0.3 is 5.11 Å². The fraction of sp³-hybridized carbons (Fsp3) is 0.292. The number of allylic oxidation sites excluding steroid dienone is 2. The smallest absolute Gasteiger partial charge is 0.171 e. The van der Waals surface area contributed by atoms with Crippen LogP contribution in [0.2, 0.25) is 0 Å². The van der Waals surface area contributed by atoms with Gasteiger partial charge >= 0.3 is 0 Å². The minimum atomic E-state index is -0.987. The fourth-order valence-electron chi connectivity index (χ4n) is 3.75. The molecule has 0 radical (unpaired) electrons. The summed E-state index contributed by atoms with van der Waals surface area (Å²) in [5.74, 6) is -1.87. The van der Waals surface area contributed by atoms with E-state index >= 15 is 0 Å². The molecule has 0 aliphatic heterocycles. The van der Waals surface area contributed by atoms with Gasteiger partial charge in [-0.3, -0.25) is 14.4 Å². The SMILES string of the molecule is CC1(C)CC(=O)C(C(CC(=O)c2ccccc2)C(=O)c2ccccc2)=C(O)C1. The standard InChI is InChI=1S/C24H24O4/c1-24(2)14-20(26)22(21(27)15-24)18(23(28)17-11-7-4-8-12-17)13-19(25)16-9-5-3-6-10-16/h3-12,18,26H,13-15H2,1-2H3. The van der Waals surface area contributed by atoms with Crippen molar-refractivity contribution in [3.8, 4) is 0 Å². The Morgan fingerprint density at radius 3 is 2.00 bits per heavy atom. The molecular weight excluding hydrogens is 352 g/mol. The highest BCUT2D eigenvalue weighted by molar-refractivity contribution is 6.11. The third-order valence-corrected chi connectivity index (χ3v) is 5.10. The molecule has 1 atom stereocenters. The number of carbonyl (C=O) groups is 3. The van der Waals surface area contributed by atoms with Gasteiger partial charge in [0.2, 0.25) is 0 Å². The van der Waals surface area contributed by atoms with E-state index in [-0.39, 0.29) is 46.9 Å². The third kappa shape index (κ3) is 4.28. The van der Waals surface area contributed by atoms with Crippen molar-refractivity contribution in [3.05, 3.63) is 83.1 Å². The van der Waals surface area contributed by atoms with Crippen LogP contribution in [-0.2, 0) is 4.79 Å². The average molecular weight is 376 g/mol. The van der Waals surface area contributed by atoms with Gasteiger partial charge in [0.05, 0.1) is 5.92 Å². The van der Waals surface area contributed by atoms with Gasteiger partial charge in [-0.2, -0.15) is 0 Å². The van der Waals surface area contributed by atoms with Crippen LogP contribution in [-0.4, -0.2) is 22.5 Å². The lowest BCUT2D eigenvalue weighted by atomic mass is 9.71. The molecule has 1 aliphatic rings. The minimum absolute atomic E-state index is 0.0728. The maximum atomic E-state index is 13.2. The normalized spacial score (nSPS) is 17.3. The first-order valence-electron chi connectivity index (χ1n) is 9.41. The molecule has 0 bridgehead atoms. The molecule has 1 N–H and O–H groups in total. The molecule has 0 saturated carbocycles. The summed E-state index contributed by atoms with van der Waals surface area (Å²) >= 11 is 0. The van der Waals surface area contributed by atoms with E-state index in [9.17, 15) is 19.5 Å². The lowest BCUT2D eigenvalue weighted by Gasteiger charge is -2.32. The van der Waals surface area contributed by atoms with Crippen molar-refractivity contribution < 1.29 is 19.5 Å². The molecule has 4 nitrogen and oxygen atoms in total. The van der Waals surface area contributed by atoms with Gasteiger partial charge in [-0.25, -0.2) is 0 Å². The summed E-state index contributed by atoms with van der Waals surface area (Å²) in [7, 11) is 0. The number of benzene rings is 2. The van der Waals surface area contributed by atoms with Crippen molar-refractivity contribution in [2.75, 3.05) is 0 Å². The first-order valence-corrected chi connectivity index (χ1v) is 9.41. The van der Waals surface area contributed by atoms with E-state index in [1.807, 2.05) is 19.9 Å². The van der Waals surface area contributed by atoms with Crippen LogP contribution in [0.5, 0.6) is 0 Å². The van der Waals surface area contributed by atoms with E-state index in [0.717, 1.165) is 0 Å². The highest BCUT2D eigenvalue weighted by atomic mass is 16.3. The van der Waals surface area contributed by atoms with Gasteiger partial charge in [0.15, 0.2) is 17.3 Å². The molecule has 0 aromatic heterocycles. The van der Waals surface area contributed by atoms with Crippen LogP contribution >= 0.6 is 0 Å². The molecule has 2 aromatic rings. The van der Waals surface area contributed by atoms with E-state index in [1.54, 1.807) is 54.6 Å². The number of ketones is 3. The molecule has 0 saturated heterocycles.